The molecule has 6 heterocycles. The number of aromatic hydroxyl groups is 1. The van der Waals surface area contributed by atoms with Gasteiger partial charge in [0.2, 0.25) is 100 Å². The third kappa shape index (κ3) is 30.3. The highest BCUT2D eigenvalue weighted by molar-refractivity contribution is 8.00. The van der Waals surface area contributed by atoms with Gasteiger partial charge in [-0.05, 0) is 104 Å². The standard InChI is InChI=1S/C92H128N24O20S/c1-9-11-20-71-84(129)104-62(19-15-30-99-92(95)96)80(125)111-70(79(124)101-44-76(94)121)47-137-48-77(122)103-66(35-52-24-27-58(118)28-25-52)87(132)112(6)51(5)78(123)107-68(40-75(93)120)89(134)115-32-16-22-72(115)85(130)106-64(38-57-43-98-49-102-57)82(127)108-65(33-50(3)4)90(135)116-45-59(119)39-74(116)86(131)105-63(37-56-42-100-61-18-14-13-17-60(56)61)81(126)110-69(46-117)83(128)109-67(36-53-23-26-55-41-97-31-29-54(55)34-53)88(133)114(8)73(21-12-10-2)91(136)113(71)7/h13-14,17-18,23-29,31,34,41-43,49-51,59,62-74,100,117-119H,9-12,15-16,19-22,30,32-33,35-40,44-48H2,1-8H3,(H2,93,120)(H2,94,121)(H,98,102)(H,101,124)(H,103,122)(H,104,129)(H,105,131)(H,106,130)(H,107,123)(H,108,127)(H,109,128)(H,110,126)(H,111,125)(H4,95,96,99)/t51-,59+,62-,63-,64-,65-,66-,67-,68-,69-,70-,71-,72-,73-,74-/m0/s1. The molecule has 23 N–H and O–H groups in total. The van der Waals surface area contributed by atoms with Gasteiger partial charge in [-0.25, -0.2) is 4.98 Å². The van der Waals surface area contributed by atoms with E-state index in [1.165, 1.54) is 64.9 Å². The Kier molecular flexibility index (Phi) is 39.9. The number of aromatic amines is 2. The second-order valence-electron chi connectivity index (χ2n) is 35.2. The molecule has 3 aliphatic rings. The molecule has 0 saturated carbocycles. The summed E-state index contributed by atoms with van der Waals surface area (Å²) < 4.78 is 0. The number of pyridine rings is 1. The number of guanidine groups is 1. The predicted octanol–water partition coefficient (Wildman–Crippen LogP) is -2.86. The number of aliphatic hydroxyl groups is 2. The van der Waals surface area contributed by atoms with E-state index in [-0.39, 0.29) is 95.4 Å². The van der Waals surface area contributed by atoms with Crippen molar-refractivity contribution in [1.29, 1.82) is 5.41 Å². The summed E-state index contributed by atoms with van der Waals surface area (Å²) in [4.78, 5) is 271. The number of nitrogens with two attached hydrogens (primary N) is 3. The van der Waals surface area contributed by atoms with Crippen LogP contribution in [-0.2, 0) is 107 Å². The summed E-state index contributed by atoms with van der Waals surface area (Å²) in [5.74, 6) is -18.1. The highest BCUT2D eigenvalue weighted by atomic mass is 32.2. The molecule has 15 atom stereocenters. The number of nitrogens with zero attached hydrogens (tertiary/aromatic N) is 7. The smallest absolute Gasteiger partial charge is 0.246 e. The van der Waals surface area contributed by atoms with Gasteiger partial charge < -0.3 is 125 Å². The second kappa shape index (κ2) is 51.2. The SMILES string of the molecule is CCCC[C@H]1C(=O)N(C)[C@@H](CCCC)C(=O)N[C@@H](CCCNC(=N)N)C(=O)N[C@H](C(=O)NCC(N)=O)CSCC(=O)N[C@@H](Cc2ccc(O)cc2)C(=O)N(C)[C@@H](C)C(=O)N[C@@H](CC(N)=O)C(=O)N2CCC[C@H]2C(=O)N[C@@H](Cc2cnc[nH]2)C(=O)N[C@@H](CC(C)C)C(=O)N2C[C@H](O)C[C@H]2C(=O)N[C@@H](Cc2c[nH]c3ccccc23)C(=O)N[C@@H](CO)C(=O)N[C@@H](Cc2ccc3cnccc3c2)C(=O)N1C. The number of unbranched alkanes of at least 4 members (excludes halogenated alkanes) is 2. The van der Waals surface area contributed by atoms with Crippen LogP contribution >= 0.6 is 11.8 Å². The molecule has 742 valence electrons. The van der Waals surface area contributed by atoms with E-state index in [1.54, 1.807) is 81.0 Å². The number of carbonyl (C=O) groups excluding carboxylic acids is 17. The summed E-state index contributed by atoms with van der Waals surface area (Å²) in [6, 6.07) is -2.50. The van der Waals surface area contributed by atoms with E-state index in [4.69, 9.17) is 22.6 Å². The van der Waals surface area contributed by atoms with Crippen LogP contribution in [0.4, 0.5) is 0 Å². The lowest BCUT2D eigenvalue weighted by Crippen LogP contribution is -2.62. The number of thioether (sulfide) groups is 1. The van der Waals surface area contributed by atoms with E-state index in [1.807, 2.05) is 13.8 Å². The number of nitrogens with one attached hydrogen (secondary N) is 14. The van der Waals surface area contributed by atoms with Crippen LogP contribution in [0.2, 0.25) is 0 Å². The number of hydrogen-bond donors (Lipinski definition) is 20. The number of imidazole rings is 1. The van der Waals surface area contributed by atoms with E-state index >= 15 is 38.4 Å². The minimum Gasteiger partial charge on any atom is -0.508 e. The van der Waals surface area contributed by atoms with Crippen LogP contribution in [-0.4, -0.2) is 322 Å². The zero-order valence-electron chi connectivity index (χ0n) is 78.1. The van der Waals surface area contributed by atoms with Crippen LogP contribution in [0, 0.1) is 11.3 Å². The molecule has 0 spiro atoms. The summed E-state index contributed by atoms with van der Waals surface area (Å²) in [7, 11) is 3.89. The summed E-state index contributed by atoms with van der Waals surface area (Å²) >= 11 is 0.759. The number of primary amides is 2. The second-order valence-corrected chi connectivity index (χ2v) is 36.2. The van der Waals surface area contributed by atoms with E-state index in [2.05, 4.69) is 78.4 Å². The molecule has 3 aromatic carbocycles. The maximum Gasteiger partial charge on any atom is 0.246 e. The Labute approximate surface area is 796 Å². The average Bonchev–Trinajstić information content (AvgIpc) is 1.75. The van der Waals surface area contributed by atoms with Crippen LogP contribution in [0.1, 0.15) is 140 Å². The first kappa shape index (κ1) is 107. The summed E-state index contributed by atoms with van der Waals surface area (Å²) in [5, 5.41) is 71.9. The van der Waals surface area contributed by atoms with Gasteiger partial charge in [0.25, 0.3) is 0 Å². The zero-order valence-corrected chi connectivity index (χ0v) is 78.9. The molecule has 0 unspecified atom stereocenters. The largest absolute Gasteiger partial charge is 0.508 e. The summed E-state index contributed by atoms with van der Waals surface area (Å²) in [6.45, 7) is 5.98. The van der Waals surface area contributed by atoms with Gasteiger partial charge >= 0.3 is 0 Å². The number of phenolic OH excluding ortho intramolecular Hbond substituents is 1. The molecule has 45 heteroatoms. The number of para-hydroxylation sites is 1. The van der Waals surface area contributed by atoms with Gasteiger partial charge in [-0.2, -0.15) is 0 Å². The van der Waals surface area contributed by atoms with Crippen LogP contribution in [0.5, 0.6) is 5.75 Å². The lowest BCUT2D eigenvalue weighted by molar-refractivity contribution is -0.149. The molecular formula is C92H128N24O20S. The topological polar surface area (TPSA) is 659 Å². The lowest BCUT2D eigenvalue weighted by Gasteiger charge is -2.36. The molecule has 9 rings (SSSR count). The van der Waals surface area contributed by atoms with Gasteiger partial charge in [-0.15, -0.1) is 11.8 Å². The molecular weight excluding hydrogens is 1790 g/mol. The number of hydrogen-bond acceptors (Lipinski definition) is 24. The molecule has 3 fully saturated rings. The van der Waals surface area contributed by atoms with Crippen molar-refractivity contribution in [1.82, 2.24) is 103 Å². The average molecular weight is 1920 g/mol. The van der Waals surface area contributed by atoms with Crippen molar-refractivity contribution in [2.75, 3.05) is 65.4 Å². The molecule has 44 nitrogen and oxygen atoms in total. The number of fused-ring (bicyclic) bond motifs is 4. The van der Waals surface area contributed by atoms with Crippen molar-refractivity contribution >= 4 is 140 Å². The van der Waals surface area contributed by atoms with Crippen LogP contribution < -0.4 is 75.7 Å². The fraction of sp³-hybridized carbons (Fsp3) is 0.522. The van der Waals surface area contributed by atoms with Crippen molar-refractivity contribution < 1.29 is 96.8 Å². The summed E-state index contributed by atoms with van der Waals surface area (Å²) in [6.07, 6.45) is 5.13. The fourth-order valence-corrected chi connectivity index (χ4v) is 17.6. The first-order valence-electron chi connectivity index (χ1n) is 45.8. The van der Waals surface area contributed by atoms with Crippen molar-refractivity contribution in [3.05, 3.63) is 126 Å². The van der Waals surface area contributed by atoms with Gasteiger partial charge in [0.15, 0.2) is 5.96 Å². The molecule has 0 aliphatic carbocycles. The van der Waals surface area contributed by atoms with E-state index < -0.39 is 241 Å². The number of H-pyrrole nitrogens is 2. The number of aliphatic hydroxyl groups excluding tert-OH is 2. The Morgan fingerprint density at radius 2 is 1.17 bits per heavy atom. The number of amides is 17. The Morgan fingerprint density at radius 3 is 1.83 bits per heavy atom. The minimum absolute atomic E-state index is 0.0172. The van der Waals surface area contributed by atoms with Crippen LogP contribution in [0.3, 0.4) is 0 Å². The predicted molar refractivity (Wildman–Crippen MR) is 503 cm³/mol. The van der Waals surface area contributed by atoms with Crippen molar-refractivity contribution in [2.45, 2.75) is 234 Å². The van der Waals surface area contributed by atoms with Crippen molar-refractivity contribution in [3.8, 4) is 5.75 Å². The van der Waals surface area contributed by atoms with Gasteiger partial charge in [-0.1, -0.05) is 102 Å². The van der Waals surface area contributed by atoms with Crippen LogP contribution in [0.15, 0.2) is 104 Å². The van der Waals surface area contributed by atoms with Gasteiger partial charge in [0.1, 0.15) is 90.3 Å². The molecule has 6 aromatic rings. The van der Waals surface area contributed by atoms with E-state index in [0.29, 0.717) is 69.7 Å². The number of likely N-dealkylation sites (N-methyl/N-ethyl adjacent to an activating group) is 3. The van der Waals surface area contributed by atoms with Gasteiger partial charge in [-0.3, -0.25) is 91.9 Å². The third-order valence-electron chi connectivity index (χ3n) is 24.4. The minimum atomic E-state index is -1.90. The third-order valence-corrected chi connectivity index (χ3v) is 25.4. The Hall–Kier alpha value is -13.9. The maximum absolute atomic E-state index is 15.8. The fourth-order valence-electron chi connectivity index (χ4n) is 16.8. The number of carbonyl (C=O) groups is 17. The molecule has 0 bridgehead atoms. The number of aromatic nitrogens is 4. The Morgan fingerprint density at radius 1 is 0.569 bits per heavy atom. The Balaban J connectivity index is 1.11. The van der Waals surface area contributed by atoms with Crippen molar-refractivity contribution in [2.24, 2.45) is 23.1 Å². The molecule has 3 saturated heterocycles. The highest BCUT2D eigenvalue weighted by Gasteiger charge is 2.47. The normalized spacial score (nSPS) is 24.5. The number of benzene rings is 3. The Bertz CT molecular complexity index is 5300. The first-order valence-corrected chi connectivity index (χ1v) is 47.0. The zero-order chi connectivity index (χ0) is 100. The molecule has 17 amide bonds. The van der Waals surface area contributed by atoms with Crippen molar-refractivity contribution in [3.63, 3.8) is 0 Å². The molecule has 3 aromatic heterocycles. The summed E-state index contributed by atoms with van der Waals surface area (Å²) in [5.41, 5.74) is 19.1. The van der Waals surface area contributed by atoms with Crippen LogP contribution in [0.25, 0.3) is 21.7 Å². The molecule has 137 heavy (non-hydrogen) atoms. The van der Waals surface area contributed by atoms with Gasteiger partial charge in [0.05, 0.1) is 37.8 Å². The number of phenols is 1. The molecule has 0 radical (unpaired) electrons. The first-order chi connectivity index (χ1) is 65.3. The lowest BCUT2D eigenvalue weighted by atomic mass is 9.99. The van der Waals surface area contributed by atoms with E-state index in [9.17, 15) is 58.5 Å². The maximum atomic E-state index is 15.8. The monoisotopic (exact) mass is 1920 g/mol. The molecule has 3 aliphatic heterocycles. The highest BCUT2D eigenvalue weighted by Crippen LogP contribution is 2.28. The van der Waals surface area contributed by atoms with Gasteiger partial charge in [0, 0.05) is 125 Å². The quantitative estimate of drug-likeness (QED) is 0.0148. The number of rotatable bonds is 26. The van der Waals surface area contributed by atoms with E-state index in [0.717, 1.165) is 36.3 Å².